The van der Waals surface area contributed by atoms with Crippen LogP contribution in [0.3, 0.4) is 0 Å². The van der Waals surface area contributed by atoms with Gasteiger partial charge in [0.05, 0.1) is 0 Å². The fourth-order valence-electron chi connectivity index (χ4n) is 1.98. The molecule has 96 valence electrons. The lowest BCUT2D eigenvalue weighted by Crippen LogP contribution is -2.21. The Kier molecular flexibility index (Phi) is 6.01. The van der Waals surface area contributed by atoms with Crippen LogP contribution in [0.4, 0.5) is 5.69 Å². The van der Waals surface area contributed by atoms with Gasteiger partial charge in [-0.2, -0.15) is 0 Å². The summed E-state index contributed by atoms with van der Waals surface area (Å²) in [7, 11) is 2.10. The molecule has 0 spiro atoms. The van der Waals surface area contributed by atoms with Gasteiger partial charge in [0.25, 0.3) is 0 Å². The van der Waals surface area contributed by atoms with Crippen molar-refractivity contribution in [1.29, 1.82) is 0 Å². The van der Waals surface area contributed by atoms with Crippen LogP contribution in [0.1, 0.15) is 37.8 Å². The van der Waals surface area contributed by atoms with E-state index in [4.69, 9.17) is 10.8 Å². The Morgan fingerprint density at radius 2 is 1.94 bits per heavy atom. The molecule has 0 heterocycles. The number of aliphatic hydroxyl groups excluding tert-OH is 1. The van der Waals surface area contributed by atoms with Gasteiger partial charge in [0.2, 0.25) is 0 Å². The van der Waals surface area contributed by atoms with Gasteiger partial charge < -0.3 is 15.7 Å². The molecule has 3 N–H and O–H groups in total. The average molecular weight is 236 g/mol. The first-order valence-corrected chi connectivity index (χ1v) is 6.33. The summed E-state index contributed by atoms with van der Waals surface area (Å²) in [6, 6.07) is 8.34. The van der Waals surface area contributed by atoms with E-state index < -0.39 is 0 Å². The number of rotatable bonds is 7. The Morgan fingerprint density at radius 3 is 2.59 bits per heavy atom. The summed E-state index contributed by atoms with van der Waals surface area (Å²) in [6.45, 7) is 3.31. The van der Waals surface area contributed by atoms with Gasteiger partial charge in [-0.3, -0.25) is 0 Å². The molecule has 3 heteroatoms. The Balaban J connectivity index is 2.58. The summed E-state index contributed by atoms with van der Waals surface area (Å²) >= 11 is 0. The third-order valence-corrected chi connectivity index (χ3v) is 2.99. The monoisotopic (exact) mass is 236 g/mol. The van der Waals surface area contributed by atoms with Crippen molar-refractivity contribution >= 4 is 5.69 Å². The van der Waals surface area contributed by atoms with Gasteiger partial charge in [-0.1, -0.05) is 18.2 Å². The fraction of sp³-hybridized carbons (Fsp3) is 0.571. The van der Waals surface area contributed by atoms with Gasteiger partial charge in [-0.05, 0) is 37.8 Å². The van der Waals surface area contributed by atoms with Gasteiger partial charge in [-0.25, -0.2) is 0 Å². The first-order valence-electron chi connectivity index (χ1n) is 6.33. The average Bonchev–Trinajstić information content (AvgIpc) is 2.34. The molecule has 3 nitrogen and oxygen atoms in total. The number of hydrogen-bond acceptors (Lipinski definition) is 3. The highest BCUT2D eigenvalue weighted by Gasteiger charge is 2.09. The Morgan fingerprint density at radius 1 is 1.24 bits per heavy atom. The van der Waals surface area contributed by atoms with Crippen LogP contribution in [0, 0.1) is 0 Å². The minimum atomic E-state index is 0.0612. The van der Waals surface area contributed by atoms with Crippen LogP contribution in [-0.2, 0) is 0 Å². The molecule has 0 aliphatic heterocycles. The van der Waals surface area contributed by atoms with Crippen molar-refractivity contribution in [1.82, 2.24) is 0 Å². The van der Waals surface area contributed by atoms with E-state index in [1.54, 1.807) is 0 Å². The van der Waals surface area contributed by atoms with Crippen LogP contribution in [-0.4, -0.2) is 25.3 Å². The summed E-state index contributed by atoms with van der Waals surface area (Å²) in [5.74, 6) is 0. The zero-order valence-electron chi connectivity index (χ0n) is 10.9. The second-order valence-corrected chi connectivity index (χ2v) is 4.55. The first-order chi connectivity index (χ1) is 8.16. The van der Waals surface area contributed by atoms with Crippen LogP contribution in [0.5, 0.6) is 0 Å². The Hall–Kier alpha value is -1.06. The molecule has 0 fully saturated rings. The molecule has 1 aromatic carbocycles. The van der Waals surface area contributed by atoms with E-state index in [9.17, 15) is 0 Å². The molecule has 1 rings (SSSR count). The van der Waals surface area contributed by atoms with Crippen molar-refractivity contribution in [2.45, 2.75) is 32.2 Å². The molecular weight excluding hydrogens is 212 g/mol. The lowest BCUT2D eigenvalue weighted by atomic mass is 10.1. The largest absolute Gasteiger partial charge is 0.396 e. The predicted molar refractivity (Wildman–Crippen MR) is 73.3 cm³/mol. The second kappa shape index (κ2) is 7.30. The standard InChI is InChI=1S/C14H24N2O/c1-12(15)13-8-4-5-9-14(13)16(2)10-6-3-7-11-17/h4-5,8-9,12,17H,3,6-7,10-11,15H2,1-2H3/t12-/m1/s1. The van der Waals surface area contributed by atoms with Crippen molar-refractivity contribution in [3.8, 4) is 0 Å². The van der Waals surface area contributed by atoms with Crippen LogP contribution in [0.2, 0.25) is 0 Å². The van der Waals surface area contributed by atoms with Crippen molar-refractivity contribution in [2.75, 3.05) is 25.1 Å². The van der Waals surface area contributed by atoms with E-state index in [0.29, 0.717) is 6.61 Å². The third-order valence-electron chi connectivity index (χ3n) is 2.99. The lowest BCUT2D eigenvalue weighted by molar-refractivity contribution is 0.283. The molecular formula is C14H24N2O. The number of benzene rings is 1. The minimum absolute atomic E-state index is 0.0612. The molecule has 0 aromatic heterocycles. The molecule has 0 saturated heterocycles. The van der Waals surface area contributed by atoms with Crippen molar-refractivity contribution in [3.05, 3.63) is 29.8 Å². The van der Waals surface area contributed by atoms with Crippen molar-refractivity contribution in [3.63, 3.8) is 0 Å². The third kappa shape index (κ3) is 4.36. The van der Waals surface area contributed by atoms with Crippen LogP contribution >= 0.6 is 0 Å². The number of hydrogen-bond donors (Lipinski definition) is 2. The van der Waals surface area contributed by atoms with E-state index in [2.05, 4.69) is 24.1 Å². The molecule has 0 aliphatic rings. The van der Waals surface area contributed by atoms with E-state index in [1.165, 1.54) is 11.3 Å². The summed E-state index contributed by atoms with van der Waals surface area (Å²) in [5, 5.41) is 8.74. The van der Waals surface area contributed by atoms with Gasteiger partial charge in [-0.15, -0.1) is 0 Å². The van der Waals surface area contributed by atoms with E-state index in [1.807, 2.05) is 19.1 Å². The summed E-state index contributed by atoms with van der Waals surface area (Å²) < 4.78 is 0. The maximum absolute atomic E-state index is 8.74. The highest BCUT2D eigenvalue weighted by atomic mass is 16.2. The van der Waals surface area contributed by atoms with E-state index >= 15 is 0 Å². The Bertz CT molecular complexity index is 326. The number of anilines is 1. The van der Waals surface area contributed by atoms with Crippen LogP contribution < -0.4 is 10.6 Å². The van der Waals surface area contributed by atoms with Gasteiger partial charge in [0.1, 0.15) is 0 Å². The van der Waals surface area contributed by atoms with Gasteiger partial charge >= 0.3 is 0 Å². The molecule has 0 saturated carbocycles. The number of unbranched alkanes of at least 4 members (excludes halogenated alkanes) is 2. The molecule has 1 aromatic rings. The Labute approximate surface area is 104 Å². The summed E-state index contributed by atoms with van der Waals surface area (Å²) in [5.41, 5.74) is 8.38. The zero-order chi connectivity index (χ0) is 12.7. The highest BCUT2D eigenvalue weighted by Crippen LogP contribution is 2.24. The van der Waals surface area contributed by atoms with Gasteiger partial charge in [0, 0.05) is 31.9 Å². The SMILES string of the molecule is C[C@@H](N)c1ccccc1N(C)CCCCCO. The maximum Gasteiger partial charge on any atom is 0.0431 e. The van der Waals surface area contributed by atoms with Crippen LogP contribution in [0.15, 0.2) is 24.3 Å². The molecule has 0 radical (unpaired) electrons. The molecule has 0 bridgehead atoms. The topological polar surface area (TPSA) is 49.5 Å². The molecule has 0 amide bonds. The van der Waals surface area contributed by atoms with Crippen molar-refractivity contribution in [2.24, 2.45) is 5.73 Å². The van der Waals surface area contributed by atoms with Crippen molar-refractivity contribution < 1.29 is 5.11 Å². The quantitative estimate of drug-likeness (QED) is 0.714. The number of nitrogens with two attached hydrogens (primary N) is 1. The maximum atomic E-state index is 8.74. The summed E-state index contributed by atoms with van der Waals surface area (Å²) in [4.78, 5) is 2.25. The van der Waals surface area contributed by atoms with Crippen LogP contribution in [0.25, 0.3) is 0 Å². The second-order valence-electron chi connectivity index (χ2n) is 4.55. The molecule has 1 atom stereocenters. The smallest absolute Gasteiger partial charge is 0.0431 e. The first kappa shape index (κ1) is 14.0. The van der Waals surface area contributed by atoms with E-state index in [0.717, 1.165) is 25.8 Å². The number of nitrogens with zero attached hydrogens (tertiary/aromatic N) is 1. The highest BCUT2D eigenvalue weighted by molar-refractivity contribution is 5.54. The van der Waals surface area contributed by atoms with E-state index in [-0.39, 0.29) is 6.04 Å². The number of para-hydroxylation sites is 1. The van der Waals surface area contributed by atoms with Gasteiger partial charge in [0.15, 0.2) is 0 Å². The fourth-order valence-corrected chi connectivity index (χ4v) is 1.98. The lowest BCUT2D eigenvalue weighted by Gasteiger charge is -2.23. The molecule has 17 heavy (non-hydrogen) atoms. The zero-order valence-corrected chi connectivity index (χ0v) is 10.9. The predicted octanol–water partition coefficient (Wildman–Crippen LogP) is 2.31. The normalized spacial score (nSPS) is 12.5. The molecule has 0 aliphatic carbocycles. The summed E-state index contributed by atoms with van der Waals surface area (Å²) in [6.07, 6.45) is 3.06. The number of aliphatic hydroxyl groups is 1. The minimum Gasteiger partial charge on any atom is -0.396 e. The molecule has 0 unspecified atom stereocenters.